The molecular weight excluding hydrogens is 293 g/mol. The molecule has 1 atom stereocenters. The molecular formula is C14H14FN3O2S. The van der Waals surface area contributed by atoms with E-state index in [0.29, 0.717) is 12.1 Å². The number of carbonyl (C=O) groups is 1. The summed E-state index contributed by atoms with van der Waals surface area (Å²) < 4.78 is 18.4. The molecule has 0 aromatic carbocycles. The molecule has 0 bridgehead atoms. The van der Waals surface area contributed by atoms with Gasteiger partial charge in [0.05, 0.1) is 24.5 Å². The SMILES string of the molecule is O=C(c1ccsc1)N1CCCC(Oc2ncc(F)cn2)C1. The molecule has 5 nitrogen and oxygen atoms in total. The molecule has 110 valence electrons. The predicted molar refractivity (Wildman–Crippen MR) is 75.9 cm³/mol. The number of likely N-dealkylation sites (tertiary alicyclic amines) is 1. The van der Waals surface area contributed by atoms with Crippen molar-refractivity contribution in [1.82, 2.24) is 14.9 Å². The van der Waals surface area contributed by atoms with Crippen LogP contribution in [-0.2, 0) is 0 Å². The molecule has 1 unspecified atom stereocenters. The molecule has 1 aliphatic heterocycles. The molecule has 1 aliphatic rings. The Kier molecular flexibility index (Phi) is 4.10. The second-order valence-corrected chi connectivity index (χ2v) is 5.61. The highest BCUT2D eigenvalue weighted by Gasteiger charge is 2.26. The van der Waals surface area contributed by atoms with Crippen LogP contribution in [0, 0.1) is 5.82 Å². The van der Waals surface area contributed by atoms with E-state index in [4.69, 9.17) is 4.74 Å². The molecule has 0 radical (unpaired) electrons. The van der Waals surface area contributed by atoms with Crippen molar-refractivity contribution >= 4 is 17.2 Å². The molecule has 3 rings (SSSR count). The molecule has 1 saturated heterocycles. The Morgan fingerprint density at radius 2 is 2.24 bits per heavy atom. The van der Waals surface area contributed by atoms with Crippen LogP contribution in [0.15, 0.2) is 29.2 Å². The Labute approximate surface area is 125 Å². The Bertz CT molecular complexity index is 603. The Morgan fingerprint density at radius 1 is 1.43 bits per heavy atom. The van der Waals surface area contributed by atoms with Gasteiger partial charge in [-0.15, -0.1) is 0 Å². The quantitative estimate of drug-likeness (QED) is 0.873. The van der Waals surface area contributed by atoms with Gasteiger partial charge in [0.25, 0.3) is 5.91 Å². The van der Waals surface area contributed by atoms with E-state index in [1.807, 2.05) is 16.8 Å². The molecule has 1 fully saturated rings. The number of ether oxygens (including phenoxy) is 1. The lowest BCUT2D eigenvalue weighted by Gasteiger charge is -2.32. The van der Waals surface area contributed by atoms with Gasteiger partial charge in [0.2, 0.25) is 0 Å². The molecule has 0 spiro atoms. The zero-order valence-corrected chi connectivity index (χ0v) is 12.1. The van der Waals surface area contributed by atoms with E-state index in [1.54, 1.807) is 4.90 Å². The minimum atomic E-state index is -0.500. The Balaban J connectivity index is 1.63. The molecule has 2 aromatic heterocycles. The minimum absolute atomic E-state index is 0.0181. The monoisotopic (exact) mass is 307 g/mol. The molecule has 0 N–H and O–H groups in total. The maximum Gasteiger partial charge on any atom is 0.316 e. The summed E-state index contributed by atoms with van der Waals surface area (Å²) in [6, 6.07) is 1.96. The fourth-order valence-electron chi connectivity index (χ4n) is 2.30. The van der Waals surface area contributed by atoms with Crippen LogP contribution in [0.4, 0.5) is 4.39 Å². The predicted octanol–water partition coefficient (Wildman–Crippen LogP) is 2.36. The topological polar surface area (TPSA) is 55.3 Å². The third-order valence-electron chi connectivity index (χ3n) is 3.30. The van der Waals surface area contributed by atoms with Crippen molar-refractivity contribution in [3.8, 4) is 6.01 Å². The molecule has 0 aliphatic carbocycles. The lowest BCUT2D eigenvalue weighted by Crippen LogP contribution is -2.44. The molecule has 0 saturated carbocycles. The van der Waals surface area contributed by atoms with Crippen LogP contribution in [0.25, 0.3) is 0 Å². The average molecular weight is 307 g/mol. The summed E-state index contributed by atoms with van der Waals surface area (Å²) in [5.74, 6) is -0.482. The number of piperidine rings is 1. The highest BCUT2D eigenvalue weighted by atomic mass is 32.1. The number of nitrogens with zero attached hydrogens (tertiary/aromatic N) is 3. The van der Waals surface area contributed by atoms with Gasteiger partial charge in [-0.3, -0.25) is 4.79 Å². The fourth-order valence-corrected chi connectivity index (χ4v) is 2.93. The summed E-state index contributed by atoms with van der Waals surface area (Å²) >= 11 is 1.50. The van der Waals surface area contributed by atoms with E-state index < -0.39 is 5.82 Å². The lowest BCUT2D eigenvalue weighted by atomic mass is 10.1. The van der Waals surface area contributed by atoms with Crippen LogP contribution in [0.3, 0.4) is 0 Å². The van der Waals surface area contributed by atoms with Crippen LogP contribution >= 0.6 is 11.3 Å². The molecule has 1 amide bonds. The van der Waals surface area contributed by atoms with Crippen molar-refractivity contribution in [2.45, 2.75) is 18.9 Å². The summed E-state index contributed by atoms with van der Waals surface area (Å²) in [6.45, 7) is 1.22. The second kappa shape index (κ2) is 6.17. The van der Waals surface area contributed by atoms with Crippen molar-refractivity contribution in [3.63, 3.8) is 0 Å². The number of aromatic nitrogens is 2. The number of amides is 1. The minimum Gasteiger partial charge on any atom is -0.458 e. The van der Waals surface area contributed by atoms with E-state index in [1.165, 1.54) is 11.3 Å². The zero-order valence-electron chi connectivity index (χ0n) is 11.2. The van der Waals surface area contributed by atoms with Gasteiger partial charge in [0.1, 0.15) is 6.10 Å². The van der Waals surface area contributed by atoms with Crippen molar-refractivity contribution in [1.29, 1.82) is 0 Å². The third-order valence-corrected chi connectivity index (χ3v) is 3.99. The number of carbonyl (C=O) groups excluding carboxylic acids is 1. The lowest BCUT2D eigenvalue weighted by molar-refractivity contribution is 0.0516. The van der Waals surface area contributed by atoms with Crippen LogP contribution in [0.1, 0.15) is 23.2 Å². The number of thiophene rings is 1. The van der Waals surface area contributed by atoms with E-state index >= 15 is 0 Å². The number of rotatable bonds is 3. The average Bonchev–Trinajstić information content (AvgIpc) is 3.03. The van der Waals surface area contributed by atoms with E-state index in [2.05, 4.69) is 9.97 Å². The van der Waals surface area contributed by atoms with Gasteiger partial charge in [0.15, 0.2) is 5.82 Å². The largest absolute Gasteiger partial charge is 0.458 e. The summed E-state index contributed by atoms with van der Waals surface area (Å²) in [6.07, 6.45) is 3.67. The van der Waals surface area contributed by atoms with Crippen LogP contribution in [0.5, 0.6) is 6.01 Å². The normalized spacial score (nSPS) is 18.5. The summed E-state index contributed by atoms with van der Waals surface area (Å²) in [7, 11) is 0. The zero-order chi connectivity index (χ0) is 14.7. The maximum absolute atomic E-state index is 12.8. The van der Waals surface area contributed by atoms with E-state index in [0.717, 1.165) is 31.8 Å². The number of halogens is 1. The summed E-state index contributed by atoms with van der Waals surface area (Å²) in [5.41, 5.74) is 0.707. The smallest absolute Gasteiger partial charge is 0.316 e. The summed E-state index contributed by atoms with van der Waals surface area (Å²) in [5, 5.41) is 3.73. The number of hydrogen-bond donors (Lipinski definition) is 0. The van der Waals surface area contributed by atoms with Crippen molar-refractivity contribution in [2.75, 3.05) is 13.1 Å². The molecule has 21 heavy (non-hydrogen) atoms. The van der Waals surface area contributed by atoms with Crippen molar-refractivity contribution in [2.24, 2.45) is 0 Å². The van der Waals surface area contributed by atoms with Crippen LogP contribution in [-0.4, -0.2) is 40.0 Å². The van der Waals surface area contributed by atoms with Crippen molar-refractivity contribution < 1.29 is 13.9 Å². The van der Waals surface area contributed by atoms with Gasteiger partial charge in [-0.05, 0) is 24.3 Å². The van der Waals surface area contributed by atoms with E-state index in [9.17, 15) is 9.18 Å². The van der Waals surface area contributed by atoms with Crippen LogP contribution < -0.4 is 4.74 Å². The van der Waals surface area contributed by atoms with Crippen molar-refractivity contribution in [3.05, 3.63) is 40.6 Å². The fraction of sp³-hybridized carbons (Fsp3) is 0.357. The first-order chi connectivity index (χ1) is 10.2. The van der Waals surface area contributed by atoms with Gasteiger partial charge in [-0.25, -0.2) is 14.4 Å². The first kappa shape index (κ1) is 13.9. The highest BCUT2D eigenvalue weighted by molar-refractivity contribution is 7.08. The second-order valence-electron chi connectivity index (χ2n) is 4.83. The van der Waals surface area contributed by atoms with Gasteiger partial charge in [0, 0.05) is 11.9 Å². The Hall–Kier alpha value is -2.02. The first-order valence-electron chi connectivity index (χ1n) is 6.68. The Morgan fingerprint density at radius 3 is 2.95 bits per heavy atom. The highest BCUT2D eigenvalue weighted by Crippen LogP contribution is 2.18. The molecule has 2 aromatic rings. The number of hydrogen-bond acceptors (Lipinski definition) is 5. The standard InChI is InChI=1S/C14H14FN3O2S/c15-11-6-16-14(17-7-11)20-12-2-1-4-18(8-12)13(19)10-3-5-21-9-10/h3,5-7,9,12H,1-2,4,8H2. The summed E-state index contributed by atoms with van der Waals surface area (Å²) in [4.78, 5) is 21.6. The molecule has 7 heteroatoms. The molecule has 3 heterocycles. The van der Waals surface area contributed by atoms with Crippen LogP contribution in [0.2, 0.25) is 0 Å². The van der Waals surface area contributed by atoms with E-state index in [-0.39, 0.29) is 18.0 Å². The van der Waals surface area contributed by atoms with Gasteiger partial charge in [-0.2, -0.15) is 11.3 Å². The maximum atomic E-state index is 12.8. The third kappa shape index (κ3) is 3.36. The van der Waals surface area contributed by atoms with Gasteiger partial charge in [-0.1, -0.05) is 0 Å². The van der Waals surface area contributed by atoms with Gasteiger partial charge >= 0.3 is 6.01 Å². The first-order valence-corrected chi connectivity index (χ1v) is 7.62. The van der Waals surface area contributed by atoms with Gasteiger partial charge < -0.3 is 9.64 Å².